The minimum absolute atomic E-state index is 0.0936. The number of nitrogens with zero attached hydrogens (tertiary/aromatic N) is 2. The summed E-state index contributed by atoms with van der Waals surface area (Å²) in [6.45, 7) is 0.797. The Labute approximate surface area is 189 Å². The Morgan fingerprint density at radius 3 is 2.29 bits per heavy atom. The van der Waals surface area contributed by atoms with Crippen molar-refractivity contribution in [1.82, 2.24) is 9.80 Å². The van der Waals surface area contributed by atoms with Crippen molar-refractivity contribution < 1.29 is 17.3 Å². The van der Waals surface area contributed by atoms with Crippen LogP contribution in [-0.2, 0) is 21.4 Å². The molecule has 2 fully saturated rings. The van der Waals surface area contributed by atoms with Crippen LogP contribution in [0.4, 0.5) is 5.69 Å². The molecule has 2 aromatic rings. The van der Waals surface area contributed by atoms with E-state index in [2.05, 4.69) is 9.62 Å². The van der Waals surface area contributed by atoms with Gasteiger partial charge in [-0.3, -0.25) is 14.4 Å². The van der Waals surface area contributed by atoms with Gasteiger partial charge in [-0.25, -0.2) is 8.42 Å². The van der Waals surface area contributed by atoms with Crippen molar-refractivity contribution in [1.29, 1.82) is 0 Å². The maximum Gasteiger partial charge on any atom is 0.240 e. The maximum atomic E-state index is 13.1. The molecule has 0 aromatic heterocycles. The number of carbonyl (C=O) groups is 1. The highest BCUT2D eigenvalue weighted by atomic mass is 32.2. The third-order valence-corrected chi connectivity index (χ3v) is 6.86. The minimum atomic E-state index is -3.28. The molecule has 2 aromatic carbocycles. The second-order valence-corrected chi connectivity index (χ2v) is 10.3. The lowest BCUT2D eigenvalue weighted by Crippen LogP contribution is -2.45. The zero-order chi connectivity index (χ0) is 24.5. The Bertz CT molecular complexity index is 1110. The van der Waals surface area contributed by atoms with Gasteiger partial charge in [-0.2, -0.15) is 0 Å². The van der Waals surface area contributed by atoms with Gasteiger partial charge in [0.1, 0.15) is 0 Å². The highest BCUT2D eigenvalue weighted by molar-refractivity contribution is 7.92. The van der Waals surface area contributed by atoms with Crippen LogP contribution in [0.1, 0.15) is 46.0 Å². The van der Waals surface area contributed by atoms with Gasteiger partial charge >= 0.3 is 0 Å². The molecular formula is C24H31N3O3S. The molecule has 2 aliphatic rings. The number of nitrogens with one attached hydrogen (secondary N) is 1. The Morgan fingerprint density at radius 1 is 1.00 bits per heavy atom. The van der Waals surface area contributed by atoms with Gasteiger partial charge in [0.2, 0.25) is 15.9 Å². The van der Waals surface area contributed by atoms with Crippen LogP contribution in [0.3, 0.4) is 0 Å². The van der Waals surface area contributed by atoms with Crippen LogP contribution < -0.4 is 4.72 Å². The van der Waals surface area contributed by atoms with Gasteiger partial charge in [0.15, 0.2) is 0 Å². The average molecular weight is 445 g/mol. The van der Waals surface area contributed by atoms with E-state index in [0.29, 0.717) is 30.3 Å². The van der Waals surface area contributed by atoms with E-state index in [9.17, 15) is 13.2 Å². The molecule has 2 heterocycles. The van der Waals surface area contributed by atoms with E-state index < -0.39 is 16.9 Å². The zero-order valence-electron chi connectivity index (χ0n) is 20.8. The first-order chi connectivity index (χ1) is 16.0. The molecule has 7 heteroatoms. The Hall–Kier alpha value is -2.38. The van der Waals surface area contributed by atoms with Crippen LogP contribution in [0.2, 0.25) is 0 Å². The predicted octanol–water partition coefficient (Wildman–Crippen LogP) is 3.35. The SMILES string of the molecule is [2H]C([2H])([2H])c1ccc(CN2CC[C@@H](N3CCC(c4ccc(NS(C)(=O)=O)cc4)CC3)C2=O)cc1. The fourth-order valence-corrected chi connectivity index (χ4v) is 5.19. The van der Waals surface area contributed by atoms with Gasteiger partial charge in [-0.05, 0) is 68.4 Å². The van der Waals surface area contributed by atoms with Crippen molar-refractivity contribution in [2.75, 3.05) is 30.6 Å². The summed E-state index contributed by atoms with van der Waals surface area (Å²) in [5.74, 6) is 0.544. The van der Waals surface area contributed by atoms with Crippen molar-refractivity contribution in [3.63, 3.8) is 0 Å². The molecule has 31 heavy (non-hydrogen) atoms. The van der Waals surface area contributed by atoms with Crippen molar-refractivity contribution in [2.45, 2.75) is 44.6 Å². The van der Waals surface area contributed by atoms with Gasteiger partial charge in [0.25, 0.3) is 0 Å². The predicted molar refractivity (Wildman–Crippen MR) is 123 cm³/mol. The van der Waals surface area contributed by atoms with E-state index in [-0.39, 0.29) is 11.9 Å². The van der Waals surface area contributed by atoms with Crippen molar-refractivity contribution >= 4 is 21.6 Å². The van der Waals surface area contributed by atoms with Crippen LogP contribution >= 0.6 is 0 Å². The summed E-state index contributed by atoms with van der Waals surface area (Å²) in [4.78, 5) is 17.2. The zero-order valence-corrected chi connectivity index (χ0v) is 18.6. The average Bonchev–Trinajstić information content (AvgIpc) is 3.13. The number of benzene rings is 2. The first-order valence-electron chi connectivity index (χ1n) is 12.2. The van der Waals surface area contributed by atoms with Crippen LogP contribution in [0.15, 0.2) is 48.5 Å². The lowest BCUT2D eigenvalue weighted by molar-refractivity contribution is -0.133. The lowest BCUT2D eigenvalue weighted by atomic mass is 9.88. The number of rotatable bonds is 6. The monoisotopic (exact) mass is 444 g/mol. The molecule has 0 aliphatic carbocycles. The molecule has 1 atom stereocenters. The first-order valence-corrected chi connectivity index (χ1v) is 12.6. The van der Waals surface area contributed by atoms with E-state index in [4.69, 9.17) is 4.11 Å². The number of amides is 1. The number of aryl methyl sites for hydroxylation is 1. The van der Waals surface area contributed by atoms with E-state index in [1.54, 1.807) is 36.4 Å². The maximum absolute atomic E-state index is 13.1. The van der Waals surface area contributed by atoms with Crippen LogP contribution in [0.5, 0.6) is 0 Å². The largest absolute Gasteiger partial charge is 0.337 e. The summed E-state index contributed by atoms with van der Waals surface area (Å²) < 4.78 is 47.7. The molecule has 0 radical (unpaired) electrons. The Morgan fingerprint density at radius 2 is 1.68 bits per heavy atom. The molecule has 2 aliphatic heterocycles. The molecule has 1 N–H and O–H groups in total. The van der Waals surface area contributed by atoms with E-state index in [0.717, 1.165) is 44.2 Å². The summed E-state index contributed by atoms with van der Waals surface area (Å²) in [6.07, 6.45) is 3.86. The number of carbonyl (C=O) groups excluding carboxylic acids is 1. The van der Waals surface area contributed by atoms with Crippen LogP contribution in [0.25, 0.3) is 0 Å². The molecule has 0 spiro atoms. The molecule has 0 saturated carbocycles. The third kappa shape index (κ3) is 5.46. The molecular weight excluding hydrogens is 410 g/mol. The van der Waals surface area contributed by atoms with Crippen molar-refractivity contribution in [3.05, 3.63) is 65.2 Å². The number of piperidine rings is 1. The molecule has 1 amide bonds. The number of anilines is 1. The third-order valence-electron chi connectivity index (χ3n) is 6.25. The van der Waals surface area contributed by atoms with Gasteiger partial charge < -0.3 is 4.90 Å². The van der Waals surface area contributed by atoms with Gasteiger partial charge in [-0.1, -0.05) is 42.0 Å². The molecule has 4 rings (SSSR count). The lowest BCUT2D eigenvalue weighted by Gasteiger charge is -2.35. The molecule has 6 nitrogen and oxygen atoms in total. The van der Waals surface area contributed by atoms with E-state index in [1.807, 2.05) is 17.0 Å². The highest BCUT2D eigenvalue weighted by Crippen LogP contribution is 2.31. The quantitative estimate of drug-likeness (QED) is 0.742. The number of hydrogen-bond donors (Lipinski definition) is 1. The number of sulfonamides is 1. The highest BCUT2D eigenvalue weighted by Gasteiger charge is 2.37. The normalized spacial score (nSPS) is 22.7. The Kier molecular flexibility index (Phi) is 5.29. The van der Waals surface area contributed by atoms with Crippen LogP contribution in [-0.4, -0.2) is 56.1 Å². The smallest absolute Gasteiger partial charge is 0.240 e. The molecule has 0 unspecified atom stereocenters. The second kappa shape index (κ2) is 9.01. The number of hydrogen-bond acceptors (Lipinski definition) is 4. The van der Waals surface area contributed by atoms with Gasteiger partial charge in [0, 0.05) is 22.9 Å². The minimum Gasteiger partial charge on any atom is -0.337 e. The van der Waals surface area contributed by atoms with E-state index in [1.165, 1.54) is 5.56 Å². The second-order valence-electron chi connectivity index (χ2n) is 8.57. The Balaban J connectivity index is 1.30. The van der Waals surface area contributed by atoms with Crippen molar-refractivity contribution in [2.24, 2.45) is 0 Å². The van der Waals surface area contributed by atoms with Gasteiger partial charge in [0.05, 0.1) is 12.3 Å². The first kappa shape index (κ1) is 18.2. The summed E-state index contributed by atoms with van der Waals surface area (Å²) in [5.41, 5.74) is 3.01. The van der Waals surface area contributed by atoms with E-state index >= 15 is 0 Å². The van der Waals surface area contributed by atoms with Crippen molar-refractivity contribution in [3.8, 4) is 0 Å². The van der Waals surface area contributed by atoms with Crippen LogP contribution in [0, 0.1) is 6.85 Å². The standard InChI is InChI=1S/C24H31N3O3S/c1-18-3-5-19(6-4-18)17-27-16-13-23(24(27)28)26-14-11-21(12-15-26)20-7-9-22(10-8-20)25-31(2,29)30/h3-10,21,23,25H,11-17H2,1-2H3/t23-/m1/s1/i1D3. The summed E-state index contributed by atoms with van der Waals surface area (Å²) >= 11 is 0. The fraction of sp³-hybridized carbons (Fsp3) is 0.458. The molecule has 2 saturated heterocycles. The summed E-state index contributed by atoms with van der Waals surface area (Å²) in [6, 6.07) is 14.3. The topological polar surface area (TPSA) is 69.7 Å². The molecule has 166 valence electrons. The summed E-state index contributed by atoms with van der Waals surface area (Å²) in [7, 11) is -3.28. The summed E-state index contributed by atoms with van der Waals surface area (Å²) in [5, 5.41) is 0. The van der Waals surface area contributed by atoms with Gasteiger partial charge in [-0.15, -0.1) is 0 Å². The molecule has 0 bridgehead atoms. The fourth-order valence-electron chi connectivity index (χ4n) is 4.63. The number of likely N-dealkylation sites (tertiary alicyclic amines) is 2.